The van der Waals surface area contributed by atoms with E-state index >= 15 is 0 Å². The number of nitrogens with zero attached hydrogens (tertiary/aromatic N) is 2. The first-order valence-electron chi connectivity index (χ1n) is 8.66. The fourth-order valence-corrected chi connectivity index (χ4v) is 3.96. The lowest BCUT2D eigenvalue weighted by molar-refractivity contribution is 0.0322. The normalized spacial score (nSPS) is 15.3. The van der Waals surface area contributed by atoms with Gasteiger partial charge < -0.3 is 19.4 Å². The van der Waals surface area contributed by atoms with Crippen LogP contribution in [0.5, 0.6) is 5.75 Å². The van der Waals surface area contributed by atoms with Crippen molar-refractivity contribution in [3.05, 3.63) is 45.8 Å². The van der Waals surface area contributed by atoms with Gasteiger partial charge in [0.25, 0.3) is 0 Å². The van der Waals surface area contributed by atoms with E-state index in [9.17, 15) is 4.79 Å². The maximum atomic E-state index is 12.4. The van der Waals surface area contributed by atoms with E-state index < -0.39 is 0 Å². The molecule has 0 radical (unpaired) electrons. The molecule has 3 heterocycles. The topological polar surface area (TPSA) is 83.2 Å². The van der Waals surface area contributed by atoms with Crippen LogP contribution in [0.25, 0.3) is 10.9 Å². The molecule has 2 aromatic heterocycles. The minimum Gasteiger partial charge on any atom is -0.491 e. The van der Waals surface area contributed by atoms with E-state index in [-0.39, 0.29) is 5.43 Å². The highest BCUT2D eigenvalue weighted by molar-refractivity contribution is 7.99. The highest BCUT2D eigenvalue weighted by Gasteiger charge is 2.14. The zero-order valence-electron chi connectivity index (χ0n) is 14.5. The molecular weight excluding hydrogens is 388 g/mol. The number of aromatic nitrogens is 3. The zero-order chi connectivity index (χ0) is 18.6. The van der Waals surface area contributed by atoms with Gasteiger partial charge in [0.2, 0.25) is 0 Å². The van der Waals surface area contributed by atoms with Crippen LogP contribution in [-0.4, -0.2) is 59.3 Å². The Hall–Kier alpha value is -2.00. The van der Waals surface area contributed by atoms with E-state index in [2.05, 4.69) is 19.9 Å². The summed E-state index contributed by atoms with van der Waals surface area (Å²) in [5, 5.41) is 2.30. The number of hydrogen-bond acceptors (Lipinski definition) is 6. The Morgan fingerprint density at radius 2 is 2.19 bits per heavy atom. The molecule has 9 heteroatoms. The number of benzene rings is 1. The molecule has 1 saturated heterocycles. The molecule has 142 valence electrons. The fourth-order valence-electron chi connectivity index (χ4n) is 2.93. The summed E-state index contributed by atoms with van der Waals surface area (Å²) in [5.41, 5.74) is 0.474. The average Bonchev–Trinajstić information content (AvgIpc) is 3.18. The summed E-state index contributed by atoms with van der Waals surface area (Å²) in [7, 11) is 0. The van der Waals surface area contributed by atoms with E-state index in [1.165, 1.54) is 11.8 Å². The molecule has 0 unspecified atom stereocenters. The molecule has 0 amide bonds. The van der Waals surface area contributed by atoms with Crippen LogP contribution in [0.3, 0.4) is 0 Å². The van der Waals surface area contributed by atoms with Crippen molar-refractivity contribution in [1.82, 2.24) is 19.9 Å². The first-order valence-corrected chi connectivity index (χ1v) is 9.86. The molecule has 2 N–H and O–H groups in total. The molecule has 1 aromatic carbocycles. The van der Waals surface area contributed by atoms with Crippen LogP contribution >= 0.6 is 23.4 Å². The van der Waals surface area contributed by atoms with E-state index in [0.717, 1.165) is 32.8 Å². The molecule has 4 rings (SSSR count). The molecule has 0 atom stereocenters. The van der Waals surface area contributed by atoms with Crippen LogP contribution in [0.1, 0.15) is 0 Å². The van der Waals surface area contributed by atoms with Crippen LogP contribution in [0, 0.1) is 0 Å². The van der Waals surface area contributed by atoms with Gasteiger partial charge in [-0.1, -0.05) is 11.6 Å². The number of H-pyrrole nitrogens is 2. The first kappa shape index (κ1) is 18.4. The molecule has 1 fully saturated rings. The largest absolute Gasteiger partial charge is 0.491 e. The van der Waals surface area contributed by atoms with Crippen molar-refractivity contribution < 1.29 is 9.47 Å². The number of rotatable bonds is 6. The maximum absolute atomic E-state index is 12.4. The third-order valence-electron chi connectivity index (χ3n) is 4.33. The van der Waals surface area contributed by atoms with Crippen LogP contribution in [0.2, 0.25) is 5.02 Å². The Morgan fingerprint density at radius 3 is 2.96 bits per heavy atom. The molecule has 0 bridgehead atoms. The number of imidazole rings is 1. The summed E-state index contributed by atoms with van der Waals surface area (Å²) in [6.07, 6.45) is 3.39. The molecule has 0 spiro atoms. The number of nitrogens with one attached hydrogen (secondary N) is 2. The summed E-state index contributed by atoms with van der Waals surface area (Å²) < 4.78 is 11.2. The lowest BCUT2D eigenvalue weighted by Gasteiger charge is -2.26. The van der Waals surface area contributed by atoms with E-state index in [1.54, 1.807) is 30.6 Å². The smallest absolute Gasteiger partial charge is 0.190 e. The Morgan fingerprint density at radius 1 is 1.33 bits per heavy atom. The van der Waals surface area contributed by atoms with Gasteiger partial charge in [-0.15, -0.1) is 0 Å². The number of hydrogen-bond donors (Lipinski definition) is 2. The van der Waals surface area contributed by atoms with Crippen LogP contribution in [0.15, 0.2) is 45.6 Å². The van der Waals surface area contributed by atoms with Crippen molar-refractivity contribution >= 4 is 34.3 Å². The van der Waals surface area contributed by atoms with E-state index in [0.29, 0.717) is 38.5 Å². The second-order valence-electron chi connectivity index (χ2n) is 6.10. The van der Waals surface area contributed by atoms with Crippen LogP contribution in [-0.2, 0) is 4.74 Å². The Balaban J connectivity index is 1.53. The third kappa shape index (κ3) is 4.30. The first-order chi connectivity index (χ1) is 13.2. The second-order valence-corrected chi connectivity index (χ2v) is 7.51. The molecular formula is C18H19ClN4O3S. The van der Waals surface area contributed by atoms with Crippen molar-refractivity contribution in [3.8, 4) is 5.75 Å². The number of aromatic amines is 2. The fraction of sp³-hybridized carbons (Fsp3) is 0.333. The number of morpholine rings is 1. The van der Waals surface area contributed by atoms with Crippen molar-refractivity contribution in [2.75, 3.05) is 39.5 Å². The molecule has 1 aliphatic heterocycles. The highest BCUT2D eigenvalue weighted by Crippen LogP contribution is 2.32. The minimum atomic E-state index is -0.0976. The lowest BCUT2D eigenvalue weighted by atomic mass is 10.2. The molecule has 0 saturated carbocycles. The molecule has 1 aliphatic rings. The SMILES string of the molecule is O=c1cc(Sc2ncc[nH]2)[nH]c2c(Cl)c(OCCN3CCOCC3)ccc12. The van der Waals surface area contributed by atoms with Gasteiger partial charge in [-0.3, -0.25) is 9.69 Å². The Bertz CT molecular complexity index is 971. The Labute approximate surface area is 165 Å². The lowest BCUT2D eigenvalue weighted by Crippen LogP contribution is -2.38. The van der Waals surface area contributed by atoms with Crippen molar-refractivity contribution in [3.63, 3.8) is 0 Å². The van der Waals surface area contributed by atoms with Gasteiger partial charge in [0.15, 0.2) is 10.6 Å². The summed E-state index contributed by atoms with van der Waals surface area (Å²) in [6, 6.07) is 5.04. The number of ether oxygens (including phenoxy) is 2. The third-order valence-corrected chi connectivity index (χ3v) is 5.56. The van der Waals surface area contributed by atoms with Gasteiger partial charge in [0.1, 0.15) is 17.4 Å². The molecule has 7 nitrogen and oxygen atoms in total. The summed E-state index contributed by atoms with van der Waals surface area (Å²) in [4.78, 5) is 25.1. The zero-order valence-corrected chi connectivity index (χ0v) is 16.1. The predicted octanol–water partition coefficient (Wildman–Crippen LogP) is 2.77. The van der Waals surface area contributed by atoms with Gasteiger partial charge in [0.05, 0.1) is 23.8 Å². The monoisotopic (exact) mass is 406 g/mol. The van der Waals surface area contributed by atoms with Crippen molar-refractivity contribution in [2.24, 2.45) is 0 Å². The summed E-state index contributed by atoms with van der Waals surface area (Å²) in [5.74, 6) is 0.563. The summed E-state index contributed by atoms with van der Waals surface area (Å²) >= 11 is 7.86. The van der Waals surface area contributed by atoms with Crippen LogP contribution < -0.4 is 10.2 Å². The van der Waals surface area contributed by atoms with Gasteiger partial charge >= 0.3 is 0 Å². The number of halogens is 1. The van der Waals surface area contributed by atoms with Gasteiger partial charge in [-0.25, -0.2) is 4.98 Å². The number of fused-ring (bicyclic) bond motifs is 1. The quantitative estimate of drug-likeness (QED) is 0.655. The highest BCUT2D eigenvalue weighted by atomic mass is 35.5. The van der Waals surface area contributed by atoms with Gasteiger partial charge in [-0.05, 0) is 23.9 Å². The molecule has 27 heavy (non-hydrogen) atoms. The Kier molecular flexibility index (Phi) is 5.68. The standard InChI is InChI=1S/C18H19ClN4O3S/c19-16-14(26-10-7-23-5-8-25-9-6-23)2-1-12-13(24)11-15(22-17(12)16)27-18-20-3-4-21-18/h1-4,11H,5-10H2,(H,20,21)(H,22,24). The van der Waals surface area contributed by atoms with Gasteiger partial charge in [0, 0.05) is 43.5 Å². The maximum Gasteiger partial charge on any atom is 0.190 e. The average molecular weight is 407 g/mol. The number of pyridine rings is 1. The predicted molar refractivity (Wildman–Crippen MR) is 105 cm³/mol. The molecule has 0 aliphatic carbocycles. The van der Waals surface area contributed by atoms with Crippen molar-refractivity contribution in [2.45, 2.75) is 10.2 Å². The van der Waals surface area contributed by atoms with E-state index in [4.69, 9.17) is 21.1 Å². The minimum absolute atomic E-state index is 0.0976. The molecule has 3 aromatic rings. The van der Waals surface area contributed by atoms with E-state index in [1.807, 2.05) is 0 Å². The second kappa shape index (κ2) is 8.35. The summed E-state index contributed by atoms with van der Waals surface area (Å²) in [6.45, 7) is 4.67. The van der Waals surface area contributed by atoms with Crippen LogP contribution in [0.4, 0.5) is 0 Å². The van der Waals surface area contributed by atoms with Gasteiger partial charge in [-0.2, -0.15) is 0 Å². The van der Waals surface area contributed by atoms with Crippen molar-refractivity contribution in [1.29, 1.82) is 0 Å².